The van der Waals surface area contributed by atoms with Gasteiger partial charge in [0.2, 0.25) is 0 Å². The lowest BCUT2D eigenvalue weighted by Gasteiger charge is -2.26. The maximum atomic E-state index is 12.5. The second-order valence-electron chi connectivity index (χ2n) is 9.36. The van der Waals surface area contributed by atoms with Crippen LogP contribution in [-0.2, 0) is 9.53 Å². The quantitative estimate of drug-likeness (QED) is 0.399. The van der Waals surface area contributed by atoms with Gasteiger partial charge in [-0.1, -0.05) is 56.3 Å². The molecular formula is C29H36N2O3. The van der Waals surface area contributed by atoms with E-state index in [0.717, 1.165) is 17.5 Å². The monoisotopic (exact) mass is 460 g/mol. The van der Waals surface area contributed by atoms with Crippen LogP contribution in [0.5, 0.6) is 0 Å². The molecule has 0 spiro atoms. The third kappa shape index (κ3) is 6.45. The molecule has 3 aromatic rings. The Labute approximate surface area is 202 Å². The molecule has 0 saturated carbocycles. The van der Waals surface area contributed by atoms with E-state index in [1.807, 2.05) is 24.4 Å². The third-order valence-electron chi connectivity index (χ3n) is 6.29. The fourth-order valence-electron chi connectivity index (χ4n) is 4.44. The van der Waals surface area contributed by atoms with Gasteiger partial charge in [-0.25, -0.2) is 0 Å². The Bertz CT molecular complexity index is 1170. The fourth-order valence-corrected chi connectivity index (χ4v) is 4.44. The van der Waals surface area contributed by atoms with E-state index in [4.69, 9.17) is 4.74 Å². The summed E-state index contributed by atoms with van der Waals surface area (Å²) >= 11 is 0. The van der Waals surface area contributed by atoms with E-state index < -0.39 is 0 Å². The van der Waals surface area contributed by atoms with Crippen molar-refractivity contribution >= 4 is 5.97 Å². The Kier molecular flexibility index (Phi) is 8.83. The normalized spacial score (nSPS) is 13.0. The second-order valence-corrected chi connectivity index (χ2v) is 9.36. The van der Waals surface area contributed by atoms with Gasteiger partial charge in [0.05, 0.1) is 13.5 Å². The summed E-state index contributed by atoms with van der Waals surface area (Å²) in [6.07, 6.45) is 2.91. The molecule has 5 heteroatoms. The molecule has 0 aliphatic rings. The van der Waals surface area contributed by atoms with E-state index in [1.165, 1.54) is 23.8 Å². The molecule has 0 radical (unpaired) electrons. The van der Waals surface area contributed by atoms with Crippen molar-refractivity contribution in [1.29, 1.82) is 0 Å². The van der Waals surface area contributed by atoms with Crippen LogP contribution in [0.3, 0.4) is 0 Å². The molecule has 180 valence electrons. The molecule has 0 amide bonds. The van der Waals surface area contributed by atoms with Gasteiger partial charge in [0.1, 0.15) is 0 Å². The number of hydrogen-bond acceptors (Lipinski definition) is 4. The Morgan fingerprint density at radius 2 is 1.68 bits per heavy atom. The van der Waals surface area contributed by atoms with Gasteiger partial charge in [-0.15, -0.1) is 0 Å². The van der Waals surface area contributed by atoms with E-state index in [2.05, 4.69) is 63.3 Å². The van der Waals surface area contributed by atoms with E-state index >= 15 is 0 Å². The smallest absolute Gasteiger partial charge is 0.307 e. The topological polar surface area (TPSA) is 60.3 Å². The molecule has 2 aromatic carbocycles. The summed E-state index contributed by atoms with van der Waals surface area (Å²) in [7, 11) is 1.42. The number of methoxy groups -OCH3 is 1. The second kappa shape index (κ2) is 11.8. The molecule has 1 heterocycles. The first-order valence-corrected chi connectivity index (χ1v) is 11.9. The van der Waals surface area contributed by atoms with Crippen molar-refractivity contribution in [2.45, 2.75) is 52.6 Å². The van der Waals surface area contributed by atoms with Crippen LogP contribution in [0.15, 0.2) is 71.7 Å². The summed E-state index contributed by atoms with van der Waals surface area (Å²) in [6, 6.07) is 19.7. The standard InChI is InChI=1S/C29H36N2O3/c1-20(2)16-24(31-15-9-8-12-28(31)32)19-30-27(18-29(33)34-5)23-14-13-22(4)26(17-23)25-11-7-6-10-21(25)3/h6-15,17,20,24,27,30H,16,18-19H2,1-5H3. The number of hydrogen-bond donors (Lipinski definition) is 1. The number of aromatic nitrogens is 1. The first-order valence-electron chi connectivity index (χ1n) is 11.9. The molecule has 5 nitrogen and oxygen atoms in total. The zero-order chi connectivity index (χ0) is 24.7. The van der Waals surface area contributed by atoms with Gasteiger partial charge in [-0.3, -0.25) is 9.59 Å². The number of carbonyl (C=O) groups is 1. The van der Waals surface area contributed by atoms with Gasteiger partial charge in [0.15, 0.2) is 0 Å². The number of nitrogens with zero attached hydrogens (tertiary/aromatic N) is 1. The van der Waals surface area contributed by atoms with E-state index in [9.17, 15) is 9.59 Å². The SMILES string of the molecule is COC(=O)CC(NCC(CC(C)C)n1ccccc1=O)c1ccc(C)c(-c2ccccc2C)c1. The van der Waals surface area contributed by atoms with Crippen LogP contribution < -0.4 is 10.9 Å². The van der Waals surface area contributed by atoms with Gasteiger partial charge in [0.25, 0.3) is 5.56 Å². The number of nitrogens with one attached hydrogen (secondary N) is 1. The van der Waals surface area contributed by atoms with E-state index in [-0.39, 0.29) is 30.0 Å². The number of pyridine rings is 1. The van der Waals surface area contributed by atoms with Gasteiger partial charge >= 0.3 is 5.97 Å². The number of benzene rings is 2. The number of esters is 1. The maximum Gasteiger partial charge on any atom is 0.307 e. The molecule has 0 bridgehead atoms. The molecule has 1 N–H and O–H groups in total. The van der Waals surface area contributed by atoms with Gasteiger partial charge in [-0.2, -0.15) is 0 Å². The van der Waals surface area contributed by atoms with Gasteiger partial charge < -0.3 is 14.6 Å². The molecule has 34 heavy (non-hydrogen) atoms. The molecule has 2 unspecified atom stereocenters. The largest absolute Gasteiger partial charge is 0.469 e. The van der Waals surface area contributed by atoms with Crippen molar-refractivity contribution in [2.75, 3.05) is 13.7 Å². The zero-order valence-electron chi connectivity index (χ0n) is 20.9. The van der Waals surface area contributed by atoms with E-state index in [0.29, 0.717) is 12.5 Å². The molecule has 0 fully saturated rings. The molecular weight excluding hydrogens is 424 g/mol. The van der Waals surface area contributed by atoms with E-state index in [1.54, 1.807) is 16.7 Å². The highest BCUT2D eigenvalue weighted by atomic mass is 16.5. The van der Waals surface area contributed by atoms with Crippen LogP contribution >= 0.6 is 0 Å². The molecule has 3 rings (SSSR count). The van der Waals surface area contributed by atoms with Crippen LogP contribution in [-0.4, -0.2) is 24.2 Å². The molecule has 1 aromatic heterocycles. The average Bonchev–Trinajstić information content (AvgIpc) is 2.82. The van der Waals surface area contributed by atoms with Crippen molar-refractivity contribution in [3.8, 4) is 11.1 Å². The first kappa shape index (κ1) is 25.4. The van der Waals surface area contributed by atoms with Crippen LogP contribution in [0.1, 0.15) is 55.5 Å². The summed E-state index contributed by atoms with van der Waals surface area (Å²) in [5.41, 5.74) is 5.75. The minimum atomic E-state index is -0.271. The first-order chi connectivity index (χ1) is 16.3. The Morgan fingerprint density at radius 3 is 2.35 bits per heavy atom. The Morgan fingerprint density at radius 1 is 0.971 bits per heavy atom. The summed E-state index contributed by atoms with van der Waals surface area (Å²) < 4.78 is 6.79. The molecule has 0 aliphatic heterocycles. The third-order valence-corrected chi connectivity index (χ3v) is 6.29. The van der Waals surface area contributed by atoms with Gasteiger partial charge in [-0.05, 0) is 66.1 Å². The number of ether oxygens (including phenoxy) is 1. The molecule has 2 atom stereocenters. The highest BCUT2D eigenvalue weighted by molar-refractivity contribution is 5.73. The molecule has 0 saturated heterocycles. The summed E-state index contributed by atoms with van der Waals surface area (Å²) in [5, 5.41) is 3.58. The minimum absolute atomic E-state index is 0.0170. The van der Waals surface area contributed by atoms with Crippen molar-refractivity contribution in [2.24, 2.45) is 5.92 Å². The Hall–Kier alpha value is -3.18. The van der Waals surface area contributed by atoms with Crippen molar-refractivity contribution in [1.82, 2.24) is 9.88 Å². The van der Waals surface area contributed by atoms with Crippen LogP contribution in [0.4, 0.5) is 0 Å². The van der Waals surface area contributed by atoms with Crippen molar-refractivity contribution in [3.05, 3.63) is 93.9 Å². The predicted molar refractivity (Wildman–Crippen MR) is 138 cm³/mol. The van der Waals surface area contributed by atoms with Gasteiger partial charge in [0, 0.05) is 30.9 Å². The number of carbonyl (C=O) groups excluding carboxylic acids is 1. The minimum Gasteiger partial charge on any atom is -0.469 e. The zero-order valence-corrected chi connectivity index (χ0v) is 20.9. The summed E-state index contributed by atoms with van der Waals surface area (Å²) in [6.45, 7) is 9.09. The summed E-state index contributed by atoms with van der Waals surface area (Å²) in [5.74, 6) is 0.151. The van der Waals surface area contributed by atoms with Crippen LogP contribution in [0.2, 0.25) is 0 Å². The highest BCUT2D eigenvalue weighted by Crippen LogP contribution is 2.30. The Balaban J connectivity index is 1.93. The lowest BCUT2D eigenvalue weighted by molar-refractivity contribution is -0.141. The van der Waals surface area contributed by atoms with Crippen molar-refractivity contribution in [3.63, 3.8) is 0 Å². The average molecular weight is 461 g/mol. The summed E-state index contributed by atoms with van der Waals surface area (Å²) in [4.78, 5) is 24.8. The highest BCUT2D eigenvalue weighted by Gasteiger charge is 2.21. The maximum absolute atomic E-state index is 12.5. The van der Waals surface area contributed by atoms with Crippen LogP contribution in [0, 0.1) is 19.8 Å². The van der Waals surface area contributed by atoms with Crippen molar-refractivity contribution < 1.29 is 9.53 Å². The fraction of sp³-hybridized carbons (Fsp3) is 0.379. The predicted octanol–water partition coefficient (Wildman–Crippen LogP) is 5.61. The number of rotatable bonds is 10. The number of aryl methyl sites for hydroxylation is 2. The lowest BCUT2D eigenvalue weighted by Crippen LogP contribution is -2.35. The van der Waals surface area contributed by atoms with Crippen LogP contribution in [0.25, 0.3) is 11.1 Å². The lowest BCUT2D eigenvalue weighted by atomic mass is 9.92. The molecule has 0 aliphatic carbocycles.